The number of esters is 3. The van der Waals surface area contributed by atoms with E-state index in [4.69, 9.17) is 47.9 Å². The Hall–Kier alpha value is -4.45. The summed E-state index contributed by atoms with van der Waals surface area (Å²) in [6.07, 6.45) is 2.14. The summed E-state index contributed by atoms with van der Waals surface area (Å²) in [6.45, 7) is 9.89. The molecular weight excluding hydrogens is 819 g/mol. The summed E-state index contributed by atoms with van der Waals surface area (Å²) in [4.78, 5) is 34.2. The molecule has 0 radical (unpaired) electrons. The minimum Gasteiger partial charge on any atom is -0.497 e. The van der Waals surface area contributed by atoms with Gasteiger partial charge in [0.1, 0.15) is 17.2 Å². The smallest absolute Gasteiger partial charge is 0.492 e. The molecule has 0 atom stereocenters. The molecular formula is C42H54BBrO14. The van der Waals surface area contributed by atoms with Crippen molar-refractivity contribution in [3.05, 3.63) is 94.0 Å². The zero-order chi connectivity index (χ0) is 42.6. The molecule has 0 aromatic heterocycles. The number of methoxy groups -OCH3 is 3. The van der Waals surface area contributed by atoms with Crippen LogP contribution in [0.25, 0.3) is 0 Å². The van der Waals surface area contributed by atoms with Gasteiger partial charge >= 0.3 is 25.0 Å². The summed E-state index contributed by atoms with van der Waals surface area (Å²) in [5.74, 6) is 1.41. The molecule has 3 fully saturated rings. The Morgan fingerprint density at radius 1 is 0.672 bits per heavy atom. The molecule has 58 heavy (non-hydrogen) atoms. The quantitative estimate of drug-likeness (QED) is 0.100. The summed E-state index contributed by atoms with van der Waals surface area (Å²) in [5.41, 5.74) is 2.78. The van der Waals surface area contributed by atoms with Gasteiger partial charge in [0.25, 0.3) is 0 Å². The van der Waals surface area contributed by atoms with E-state index in [1.807, 2.05) is 56.3 Å². The standard InChI is InChI=1S/C14H17BrO4.C14H18O4.C7H9BO3.C7H10O3/c1-3-19-13(16)7-14(8-18-9-14)11-6-10(15)4-5-12(11)17-2;1-3-18-13(15)8-14(9-17-10-14)11-6-4-5-7-12(11)16-2;1-11-7-5-3-2-4-6(7)8(9)10;1-2-10-7(8)3-6-4-9-5-6/h4-6H,3,7-9H2,1-2H3;4-7H,3,8-10H2,1-2H3;2-5,9-10H,1H3;3H,2,4-5H2,1H3. The third-order valence-corrected chi connectivity index (χ3v) is 9.59. The highest BCUT2D eigenvalue weighted by molar-refractivity contribution is 9.10. The van der Waals surface area contributed by atoms with Crippen molar-refractivity contribution in [3.8, 4) is 17.2 Å². The van der Waals surface area contributed by atoms with Crippen LogP contribution >= 0.6 is 15.9 Å². The van der Waals surface area contributed by atoms with Crippen LogP contribution in [-0.4, -0.2) is 116 Å². The van der Waals surface area contributed by atoms with Gasteiger partial charge in [-0.3, -0.25) is 9.59 Å². The van der Waals surface area contributed by atoms with E-state index in [0.29, 0.717) is 83.5 Å². The van der Waals surface area contributed by atoms with E-state index < -0.39 is 7.12 Å². The van der Waals surface area contributed by atoms with Crippen LogP contribution < -0.4 is 19.7 Å². The molecule has 0 spiro atoms. The number of carbonyl (C=O) groups excluding carboxylic acids is 3. The molecule has 316 valence electrons. The number of halogens is 1. The van der Waals surface area contributed by atoms with Crippen LogP contribution in [0.3, 0.4) is 0 Å². The van der Waals surface area contributed by atoms with Crippen LogP contribution in [0.15, 0.2) is 82.9 Å². The van der Waals surface area contributed by atoms with Crippen LogP contribution in [0.2, 0.25) is 0 Å². The highest BCUT2D eigenvalue weighted by Crippen LogP contribution is 2.42. The molecule has 3 aromatic rings. The van der Waals surface area contributed by atoms with Crippen LogP contribution in [0.1, 0.15) is 44.7 Å². The highest BCUT2D eigenvalue weighted by atomic mass is 79.9. The second-order valence-electron chi connectivity index (χ2n) is 13.2. The lowest BCUT2D eigenvalue weighted by atomic mass is 9.75. The van der Waals surface area contributed by atoms with Gasteiger partial charge in [-0.15, -0.1) is 0 Å². The summed E-state index contributed by atoms with van der Waals surface area (Å²) >= 11 is 3.46. The number of hydrogen-bond donors (Lipinski definition) is 2. The van der Waals surface area contributed by atoms with Crippen molar-refractivity contribution in [3.63, 3.8) is 0 Å². The van der Waals surface area contributed by atoms with Gasteiger partial charge in [0, 0.05) is 27.1 Å². The Balaban J connectivity index is 0.000000215. The largest absolute Gasteiger partial charge is 0.497 e. The third-order valence-electron chi connectivity index (χ3n) is 9.10. The Morgan fingerprint density at radius 3 is 1.59 bits per heavy atom. The monoisotopic (exact) mass is 872 g/mol. The lowest BCUT2D eigenvalue weighted by Crippen LogP contribution is -2.48. The van der Waals surface area contributed by atoms with Crippen molar-refractivity contribution in [2.45, 2.75) is 44.4 Å². The predicted octanol–water partition coefficient (Wildman–Crippen LogP) is 4.48. The fourth-order valence-electron chi connectivity index (χ4n) is 6.09. The lowest BCUT2D eigenvalue weighted by Gasteiger charge is -2.41. The van der Waals surface area contributed by atoms with Gasteiger partial charge in [0.05, 0.1) is 104 Å². The van der Waals surface area contributed by atoms with Crippen LogP contribution in [0.5, 0.6) is 17.2 Å². The Bertz CT molecular complexity index is 1780. The zero-order valence-corrected chi connectivity index (χ0v) is 35.5. The van der Waals surface area contributed by atoms with E-state index in [0.717, 1.165) is 32.7 Å². The second kappa shape index (κ2) is 24.5. The van der Waals surface area contributed by atoms with Gasteiger partial charge in [0.2, 0.25) is 0 Å². The van der Waals surface area contributed by atoms with Crippen molar-refractivity contribution >= 4 is 46.4 Å². The topological polar surface area (TPSA) is 175 Å². The van der Waals surface area contributed by atoms with Gasteiger partial charge in [-0.2, -0.15) is 0 Å². The van der Waals surface area contributed by atoms with E-state index in [1.54, 1.807) is 45.4 Å². The minimum atomic E-state index is -1.47. The molecule has 3 aliphatic rings. The average molecular weight is 874 g/mol. The van der Waals surface area contributed by atoms with E-state index >= 15 is 0 Å². The van der Waals surface area contributed by atoms with E-state index in [2.05, 4.69) is 20.7 Å². The summed E-state index contributed by atoms with van der Waals surface area (Å²) in [7, 11) is 3.29. The summed E-state index contributed by atoms with van der Waals surface area (Å²) in [6, 6.07) is 20.3. The van der Waals surface area contributed by atoms with Crippen molar-refractivity contribution in [1.82, 2.24) is 0 Å². The normalized spacial score (nSPS) is 15.2. The maximum atomic E-state index is 11.8. The first kappa shape index (κ1) is 47.9. The first-order valence-corrected chi connectivity index (χ1v) is 19.6. The molecule has 0 unspecified atom stereocenters. The molecule has 0 aliphatic carbocycles. The Labute approximate surface area is 348 Å². The van der Waals surface area contributed by atoms with Gasteiger partial charge in [-0.05, 0) is 56.7 Å². The SMILES string of the molecule is CCOC(=O)C=C1COC1.CCOC(=O)CC1(c2cc(Br)ccc2OC)COC1.CCOC(=O)CC1(c2ccccc2OC)COC1.COc1ccccc1B(O)O. The summed E-state index contributed by atoms with van der Waals surface area (Å²) < 4.78 is 46.8. The second-order valence-corrected chi connectivity index (χ2v) is 14.1. The van der Waals surface area contributed by atoms with E-state index in [9.17, 15) is 14.4 Å². The Kier molecular flexibility index (Phi) is 20.2. The molecule has 16 heteroatoms. The first-order valence-electron chi connectivity index (χ1n) is 18.8. The van der Waals surface area contributed by atoms with Crippen molar-refractivity contribution in [1.29, 1.82) is 0 Å². The zero-order valence-electron chi connectivity index (χ0n) is 34.0. The number of hydrogen-bond acceptors (Lipinski definition) is 14. The number of ether oxygens (including phenoxy) is 9. The van der Waals surface area contributed by atoms with Crippen LogP contribution in [-0.2, 0) is 53.6 Å². The predicted molar refractivity (Wildman–Crippen MR) is 220 cm³/mol. The minimum absolute atomic E-state index is 0.188. The van der Waals surface area contributed by atoms with E-state index in [1.165, 1.54) is 13.2 Å². The molecule has 0 saturated carbocycles. The highest BCUT2D eigenvalue weighted by Gasteiger charge is 2.45. The molecule has 3 aliphatic heterocycles. The van der Waals surface area contributed by atoms with Crippen LogP contribution in [0.4, 0.5) is 0 Å². The average Bonchev–Trinajstić information content (AvgIpc) is 3.17. The number of benzene rings is 3. The number of carbonyl (C=O) groups is 3. The molecule has 2 N–H and O–H groups in total. The van der Waals surface area contributed by atoms with Gasteiger partial charge in [-0.25, -0.2) is 4.79 Å². The maximum absolute atomic E-state index is 11.8. The molecule has 0 amide bonds. The van der Waals surface area contributed by atoms with Gasteiger partial charge in [-0.1, -0.05) is 52.3 Å². The number of para-hydroxylation sites is 2. The maximum Gasteiger partial charge on any atom is 0.492 e. The van der Waals surface area contributed by atoms with E-state index in [-0.39, 0.29) is 28.7 Å². The fourth-order valence-corrected chi connectivity index (χ4v) is 6.45. The molecule has 3 heterocycles. The fraction of sp³-hybridized carbons (Fsp3) is 0.452. The number of rotatable bonds is 14. The van der Waals surface area contributed by atoms with Crippen molar-refractivity contribution < 1.29 is 67.1 Å². The van der Waals surface area contributed by atoms with Crippen molar-refractivity contribution in [2.24, 2.45) is 0 Å². The molecule has 3 saturated heterocycles. The molecule has 6 rings (SSSR count). The van der Waals surface area contributed by atoms with Gasteiger partial charge < -0.3 is 52.7 Å². The van der Waals surface area contributed by atoms with Gasteiger partial charge in [0.15, 0.2) is 0 Å². The summed E-state index contributed by atoms with van der Waals surface area (Å²) in [5, 5.41) is 17.6. The third kappa shape index (κ3) is 13.8. The molecule has 14 nitrogen and oxygen atoms in total. The lowest BCUT2D eigenvalue weighted by molar-refractivity contribution is -0.152. The molecule has 3 aromatic carbocycles. The first-order chi connectivity index (χ1) is 27.9. The Morgan fingerprint density at radius 2 is 1.16 bits per heavy atom. The van der Waals surface area contributed by atoms with Crippen LogP contribution in [0, 0.1) is 0 Å². The molecule has 0 bridgehead atoms. The van der Waals surface area contributed by atoms with Crippen molar-refractivity contribution in [2.75, 3.05) is 80.8 Å².